The molecule has 0 saturated heterocycles. The third-order valence-corrected chi connectivity index (χ3v) is 2.90. The van der Waals surface area contributed by atoms with Gasteiger partial charge in [-0.3, -0.25) is 4.79 Å². The Morgan fingerprint density at radius 3 is 2.77 bits per heavy atom. The van der Waals surface area contributed by atoms with Crippen molar-refractivity contribution in [3.05, 3.63) is 71.5 Å². The van der Waals surface area contributed by atoms with Crippen LogP contribution in [-0.2, 0) is 16.1 Å². The van der Waals surface area contributed by atoms with Crippen molar-refractivity contribution in [3.8, 4) is 0 Å². The predicted octanol–water partition coefficient (Wildman–Crippen LogP) is 2.54. The Balaban J connectivity index is 1.63. The van der Waals surface area contributed by atoms with Crippen LogP contribution in [0.1, 0.15) is 11.1 Å². The van der Waals surface area contributed by atoms with E-state index in [-0.39, 0.29) is 18.3 Å². The molecule has 0 saturated carbocycles. The maximum Gasteiger partial charge on any atom is 0.260 e. The number of carbonyl (C=O) groups is 1. The molecule has 0 aliphatic rings. The van der Waals surface area contributed by atoms with E-state index >= 15 is 0 Å². The van der Waals surface area contributed by atoms with Gasteiger partial charge in [0.25, 0.3) is 5.91 Å². The smallest absolute Gasteiger partial charge is 0.260 e. The van der Waals surface area contributed by atoms with Crippen LogP contribution in [0.4, 0.5) is 4.39 Å². The predicted molar refractivity (Wildman–Crippen MR) is 83.1 cm³/mol. The summed E-state index contributed by atoms with van der Waals surface area (Å²) < 4.78 is 12.9. The fourth-order valence-corrected chi connectivity index (χ4v) is 1.82. The van der Waals surface area contributed by atoms with Crippen LogP contribution in [0.3, 0.4) is 0 Å². The van der Waals surface area contributed by atoms with Gasteiger partial charge in [0.2, 0.25) is 0 Å². The third-order valence-electron chi connectivity index (χ3n) is 2.90. The highest BCUT2D eigenvalue weighted by Crippen LogP contribution is 2.00. The molecule has 0 atom stereocenters. The monoisotopic (exact) mass is 300 g/mol. The largest absolute Gasteiger partial charge is 0.386 e. The second-order valence-corrected chi connectivity index (χ2v) is 4.65. The number of nitrogens with one attached hydrogen (secondary N) is 1. The summed E-state index contributed by atoms with van der Waals surface area (Å²) in [5.74, 6) is -0.588. The molecular formula is C17H17FN2O2. The minimum absolute atomic E-state index is 0.166. The second kappa shape index (κ2) is 8.56. The topological polar surface area (TPSA) is 50.7 Å². The Bertz CT molecular complexity index is 630. The van der Waals surface area contributed by atoms with Crippen LogP contribution in [0.2, 0.25) is 0 Å². The van der Waals surface area contributed by atoms with E-state index in [9.17, 15) is 9.18 Å². The lowest BCUT2D eigenvalue weighted by molar-refractivity contribution is -0.125. The molecule has 2 aromatic carbocycles. The Morgan fingerprint density at radius 1 is 1.18 bits per heavy atom. The summed E-state index contributed by atoms with van der Waals surface area (Å²) in [5.41, 5.74) is 1.73. The number of halogens is 1. The molecule has 2 aromatic rings. The van der Waals surface area contributed by atoms with Crippen molar-refractivity contribution in [1.29, 1.82) is 0 Å². The van der Waals surface area contributed by atoms with E-state index in [4.69, 9.17) is 4.84 Å². The molecule has 1 amide bonds. The molecular weight excluding hydrogens is 283 g/mol. The SMILES string of the molecule is O=C(CO/N=C\c1cccc(F)c1)NCCc1ccccc1. The van der Waals surface area contributed by atoms with Crippen molar-refractivity contribution in [2.45, 2.75) is 6.42 Å². The normalized spacial score (nSPS) is 10.6. The molecule has 0 aliphatic carbocycles. The number of hydrogen-bond acceptors (Lipinski definition) is 3. The number of rotatable bonds is 7. The van der Waals surface area contributed by atoms with E-state index in [1.807, 2.05) is 30.3 Å². The molecule has 1 N–H and O–H groups in total. The number of oxime groups is 1. The van der Waals surface area contributed by atoms with E-state index in [0.29, 0.717) is 12.1 Å². The zero-order valence-electron chi connectivity index (χ0n) is 12.0. The lowest BCUT2D eigenvalue weighted by Crippen LogP contribution is -2.28. The molecule has 0 fully saturated rings. The molecule has 0 aliphatic heterocycles. The maximum atomic E-state index is 12.9. The number of carbonyl (C=O) groups excluding carboxylic acids is 1. The van der Waals surface area contributed by atoms with Crippen LogP contribution in [0.5, 0.6) is 0 Å². The first-order chi connectivity index (χ1) is 10.7. The van der Waals surface area contributed by atoms with Crippen LogP contribution in [0.15, 0.2) is 59.8 Å². The zero-order valence-corrected chi connectivity index (χ0v) is 12.0. The van der Waals surface area contributed by atoms with Crippen LogP contribution in [-0.4, -0.2) is 25.3 Å². The number of hydrogen-bond donors (Lipinski definition) is 1. The van der Waals surface area contributed by atoms with Gasteiger partial charge in [0.05, 0.1) is 6.21 Å². The van der Waals surface area contributed by atoms with Crippen molar-refractivity contribution in [2.24, 2.45) is 5.16 Å². The molecule has 0 bridgehead atoms. The molecule has 114 valence electrons. The molecule has 22 heavy (non-hydrogen) atoms. The Morgan fingerprint density at radius 2 is 2.00 bits per heavy atom. The first-order valence-corrected chi connectivity index (χ1v) is 6.95. The van der Waals surface area contributed by atoms with Gasteiger partial charge in [-0.1, -0.05) is 47.6 Å². The summed E-state index contributed by atoms with van der Waals surface area (Å²) in [4.78, 5) is 16.4. The standard InChI is InChI=1S/C17H17FN2O2/c18-16-8-4-7-15(11-16)12-20-22-13-17(21)19-10-9-14-5-2-1-3-6-14/h1-8,11-12H,9-10,13H2,(H,19,21)/b20-12-. The van der Waals surface area contributed by atoms with Gasteiger partial charge in [0, 0.05) is 6.54 Å². The summed E-state index contributed by atoms with van der Waals surface area (Å²) in [6, 6.07) is 15.8. The summed E-state index contributed by atoms with van der Waals surface area (Å²) in [7, 11) is 0. The summed E-state index contributed by atoms with van der Waals surface area (Å²) in [6.07, 6.45) is 2.12. The van der Waals surface area contributed by atoms with E-state index in [2.05, 4.69) is 10.5 Å². The van der Waals surface area contributed by atoms with Crippen LogP contribution >= 0.6 is 0 Å². The van der Waals surface area contributed by atoms with Crippen molar-refractivity contribution in [1.82, 2.24) is 5.32 Å². The molecule has 0 unspecified atom stereocenters. The van der Waals surface area contributed by atoms with E-state index < -0.39 is 0 Å². The van der Waals surface area contributed by atoms with Crippen molar-refractivity contribution >= 4 is 12.1 Å². The average Bonchev–Trinajstić information content (AvgIpc) is 2.53. The van der Waals surface area contributed by atoms with Gasteiger partial charge in [-0.2, -0.15) is 0 Å². The first-order valence-electron chi connectivity index (χ1n) is 6.95. The highest BCUT2D eigenvalue weighted by atomic mass is 19.1. The van der Waals surface area contributed by atoms with E-state index in [1.54, 1.807) is 12.1 Å². The van der Waals surface area contributed by atoms with Crippen molar-refractivity contribution < 1.29 is 14.0 Å². The van der Waals surface area contributed by atoms with Gasteiger partial charge in [0.1, 0.15) is 5.82 Å². The Hall–Kier alpha value is -2.69. The quantitative estimate of drug-likeness (QED) is 0.631. The van der Waals surface area contributed by atoms with Crippen LogP contribution in [0, 0.1) is 5.82 Å². The number of amides is 1. The number of nitrogens with zero attached hydrogens (tertiary/aromatic N) is 1. The van der Waals surface area contributed by atoms with E-state index in [1.165, 1.54) is 18.3 Å². The maximum absolute atomic E-state index is 12.9. The van der Waals surface area contributed by atoms with Gasteiger partial charge in [-0.25, -0.2) is 4.39 Å². The van der Waals surface area contributed by atoms with Crippen LogP contribution in [0.25, 0.3) is 0 Å². The van der Waals surface area contributed by atoms with Crippen molar-refractivity contribution in [2.75, 3.05) is 13.2 Å². The molecule has 0 radical (unpaired) electrons. The highest BCUT2D eigenvalue weighted by molar-refractivity contribution is 5.79. The average molecular weight is 300 g/mol. The third kappa shape index (κ3) is 5.75. The highest BCUT2D eigenvalue weighted by Gasteiger charge is 2.00. The van der Waals surface area contributed by atoms with E-state index in [0.717, 1.165) is 12.0 Å². The fourth-order valence-electron chi connectivity index (χ4n) is 1.82. The Kier molecular flexibility index (Phi) is 6.11. The molecule has 5 heteroatoms. The number of benzene rings is 2. The molecule has 0 spiro atoms. The van der Waals surface area contributed by atoms with Gasteiger partial charge >= 0.3 is 0 Å². The van der Waals surface area contributed by atoms with Crippen LogP contribution < -0.4 is 5.32 Å². The van der Waals surface area contributed by atoms with Gasteiger partial charge in [0.15, 0.2) is 6.61 Å². The molecule has 0 aromatic heterocycles. The lowest BCUT2D eigenvalue weighted by atomic mass is 10.1. The first kappa shape index (κ1) is 15.7. The minimum atomic E-state index is -0.345. The van der Waals surface area contributed by atoms with Gasteiger partial charge < -0.3 is 10.2 Å². The summed E-state index contributed by atoms with van der Waals surface area (Å²) in [6.45, 7) is 0.375. The lowest BCUT2D eigenvalue weighted by Gasteiger charge is -2.04. The van der Waals surface area contributed by atoms with Gasteiger partial charge in [-0.15, -0.1) is 0 Å². The fraction of sp³-hybridized carbons (Fsp3) is 0.176. The molecule has 2 rings (SSSR count). The zero-order chi connectivity index (χ0) is 15.6. The summed E-state index contributed by atoms with van der Waals surface area (Å²) in [5, 5.41) is 6.38. The van der Waals surface area contributed by atoms with Gasteiger partial charge in [-0.05, 0) is 29.7 Å². The molecule has 4 nitrogen and oxygen atoms in total. The second-order valence-electron chi connectivity index (χ2n) is 4.65. The van der Waals surface area contributed by atoms with Crippen molar-refractivity contribution in [3.63, 3.8) is 0 Å². The summed E-state index contributed by atoms with van der Waals surface area (Å²) >= 11 is 0. The Labute approximate surface area is 128 Å². The molecule has 0 heterocycles. The minimum Gasteiger partial charge on any atom is -0.386 e.